The number of para-hydroxylation sites is 1. The van der Waals surface area contributed by atoms with Crippen molar-refractivity contribution >= 4 is 5.69 Å². The summed E-state index contributed by atoms with van der Waals surface area (Å²) in [5.74, 6) is 0.880. The molecule has 130 valence electrons. The van der Waals surface area contributed by atoms with Crippen molar-refractivity contribution < 1.29 is 0 Å². The molecule has 0 atom stereocenters. The highest BCUT2D eigenvalue weighted by Gasteiger charge is 2.08. The van der Waals surface area contributed by atoms with Gasteiger partial charge in [-0.25, -0.2) is 4.68 Å². The van der Waals surface area contributed by atoms with Crippen molar-refractivity contribution in [2.75, 3.05) is 5.32 Å². The largest absolute Gasteiger partial charge is 0.379 e. The van der Waals surface area contributed by atoms with E-state index in [1.165, 1.54) is 0 Å². The molecule has 2 aromatic heterocycles. The molecule has 0 bridgehead atoms. The minimum absolute atomic E-state index is 0.679. The Balaban J connectivity index is 1.53. The Hall–Kier alpha value is -3.41. The lowest BCUT2D eigenvalue weighted by atomic mass is 10.2. The number of hydrogen-bond acceptors (Lipinski definition) is 4. The number of benzene rings is 2. The normalized spacial score (nSPS) is 10.8. The zero-order valence-electron chi connectivity index (χ0n) is 14.6. The maximum absolute atomic E-state index is 4.43. The van der Waals surface area contributed by atoms with Gasteiger partial charge in [-0.2, -0.15) is 5.10 Å². The van der Waals surface area contributed by atoms with Crippen LogP contribution in [-0.2, 0) is 13.1 Å². The van der Waals surface area contributed by atoms with E-state index in [1.807, 2.05) is 45.8 Å². The molecule has 1 N–H and O–H groups in total. The highest BCUT2D eigenvalue weighted by molar-refractivity contribution is 5.62. The van der Waals surface area contributed by atoms with E-state index in [0.29, 0.717) is 6.54 Å². The molecule has 4 rings (SSSR count). The maximum Gasteiger partial charge on any atom is 0.163 e. The van der Waals surface area contributed by atoms with Gasteiger partial charge in [0, 0.05) is 24.0 Å². The summed E-state index contributed by atoms with van der Waals surface area (Å²) in [5, 5.41) is 16.2. The van der Waals surface area contributed by atoms with E-state index in [4.69, 9.17) is 0 Å². The van der Waals surface area contributed by atoms with Crippen molar-refractivity contribution in [3.8, 4) is 17.1 Å². The molecule has 0 radical (unpaired) electrons. The molecule has 2 heterocycles. The summed E-state index contributed by atoms with van der Waals surface area (Å²) in [7, 11) is 0. The number of aromatic nitrogens is 5. The number of nitrogens with zero attached hydrogens (tertiary/aromatic N) is 5. The summed E-state index contributed by atoms with van der Waals surface area (Å²) < 4.78 is 3.98. The molecule has 2 aromatic carbocycles. The van der Waals surface area contributed by atoms with Crippen molar-refractivity contribution in [1.29, 1.82) is 0 Å². The van der Waals surface area contributed by atoms with Gasteiger partial charge in [0.2, 0.25) is 0 Å². The summed E-state index contributed by atoms with van der Waals surface area (Å²) >= 11 is 0. The smallest absolute Gasteiger partial charge is 0.163 e. The zero-order valence-corrected chi connectivity index (χ0v) is 14.6. The molecule has 0 spiro atoms. The second-order valence-electron chi connectivity index (χ2n) is 5.94. The number of hydrogen-bond donors (Lipinski definition) is 1. The molecule has 4 aromatic rings. The molecule has 0 amide bonds. The van der Waals surface area contributed by atoms with Crippen molar-refractivity contribution in [1.82, 2.24) is 24.5 Å². The monoisotopic (exact) mass is 344 g/mol. The third kappa shape index (κ3) is 3.21. The lowest BCUT2D eigenvalue weighted by Gasteiger charge is -2.11. The van der Waals surface area contributed by atoms with E-state index in [1.54, 1.807) is 6.33 Å². The lowest BCUT2D eigenvalue weighted by Crippen LogP contribution is -2.07. The standard InChI is InChI=1S/C20H20N6/c1-2-25-15-22-24-20(25)16-7-6-8-17(13-16)21-14-19-11-12-23-26(19)18-9-4-3-5-10-18/h3-13,15,21H,2,14H2,1H3. The van der Waals surface area contributed by atoms with Crippen LogP contribution in [0.3, 0.4) is 0 Å². The minimum atomic E-state index is 0.679. The first-order valence-corrected chi connectivity index (χ1v) is 8.65. The van der Waals surface area contributed by atoms with Gasteiger partial charge in [0.15, 0.2) is 5.82 Å². The van der Waals surface area contributed by atoms with Gasteiger partial charge in [-0.15, -0.1) is 10.2 Å². The third-order valence-corrected chi connectivity index (χ3v) is 4.27. The molecule has 26 heavy (non-hydrogen) atoms. The maximum atomic E-state index is 4.43. The summed E-state index contributed by atoms with van der Waals surface area (Å²) in [5.41, 5.74) is 4.23. The van der Waals surface area contributed by atoms with E-state index in [0.717, 1.165) is 35.0 Å². The van der Waals surface area contributed by atoms with Crippen molar-refractivity contribution in [2.45, 2.75) is 20.0 Å². The molecule has 0 fully saturated rings. The molecular formula is C20H20N6. The quantitative estimate of drug-likeness (QED) is 0.578. The van der Waals surface area contributed by atoms with E-state index < -0.39 is 0 Å². The number of anilines is 1. The van der Waals surface area contributed by atoms with Gasteiger partial charge in [0.1, 0.15) is 6.33 Å². The van der Waals surface area contributed by atoms with E-state index in [2.05, 4.69) is 57.9 Å². The summed E-state index contributed by atoms with van der Waals surface area (Å²) in [4.78, 5) is 0. The van der Waals surface area contributed by atoms with Crippen LogP contribution in [0.25, 0.3) is 17.1 Å². The van der Waals surface area contributed by atoms with Crippen LogP contribution in [0, 0.1) is 0 Å². The van der Waals surface area contributed by atoms with Crippen LogP contribution in [0.1, 0.15) is 12.6 Å². The molecular weight excluding hydrogens is 324 g/mol. The molecule has 0 aliphatic heterocycles. The van der Waals surface area contributed by atoms with E-state index >= 15 is 0 Å². The van der Waals surface area contributed by atoms with Gasteiger partial charge < -0.3 is 9.88 Å². The van der Waals surface area contributed by atoms with Crippen LogP contribution in [0.5, 0.6) is 0 Å². The van der Waals surface area contributed by atoms with Crippen LogP contribution in [0.2, 0.25) is 0 Å². The molecule has 6 nitrogen and oxygen atoms in total. The van der Waals surface area contributed by atoms with Gasteiger partial charge in [0.05, 0.1) is 17.9 Å². The lowest BCUT2D eigenvalue weighted by molar-refractivity contribution is 0.767. The Kier molecular flexibility index (Phi) is 4.47. The molecule has 0 saturated carbocycles. The van der Waals surface area contributed by atoms with E-state index in [9.17, 15) is 0 Å². The fourth-order valence-corrected chi connectivity index (χ4v) is 2.94. The average Bonchev–Trinajstić information content (AvgIpc) is 3.36. The second kappa shape index (κ2) is 7.23. The topological polar surface area (TPSA) is 60.6 Å². The Morgan fingerprint density at radius 3 is 2.73 bits per heavy atom. The Morgan fingerprint density at radius 1 is 1.00 bits per heavy atom. The van der Waals surface area contributed by atoms with Gasteiger partial charge in [-0.05, 0) is 37.3 Å². The fourth-order valence-electron chi connectivity index (χ4n) is 2.94. The minimum Gasteiger partial charge on any atom is -0.379 e. The Morgan fingerprint density at radius 2 is 1.88 bits per heavy atom. The highest BCUT2D eigenvalue weighted by atomic mass is 15.3. The first kappa shape index (κ1) is 16.1. The SMILES string of the molecule is CCn1cnnc1-c1cccc(NCc2ccnn2-c2ccccc2)c1. The van der Waals surface area contributed by atoms with Gasteiger partial charge in [0.25, 0.3) is 0 Å². The predicted octanol–water partition coefficient (Wildman–Crippen LogP) is 3.76. The van der Waals surface area contributed by atoms with Gasteiger partial charge in [-0.3, -0.25) is 0 Å². The molecule has 6 heteroatoms. The predicted molar refractivity (Wildman–Crippen MR) is 102 cm³/mol. The van der Waals surface area contributed by atoms with E-state index in [-0.39, 0.29) is 0 Å². The Labute approximate surface area is 152 Å². The van der Waals surface area contributed by atoms with Crippen LogP contribution in [0.4, 0.5) is 5.69 Å². The van der Waals surface area contributed by atoms with Crippen molar-refractivity contribution in [3.05, 3.63) is 78.9 Å². The second-order valence-corrected chi connectivity index (χ2v) is 5.94. The number of nitrogens with one attached hydrogen (secondary N) is 1. The summed E-state index contributed by atoms with van der Waals surface area (Å²) in [6.45, 7) is 3.61. The average molecular weight is 344 g/mol. The molecule has 0 saturated heterocycles. The zero-order chi connectivity index (χ0) is 17.8. The van der Waals surface area contributed by atoms with Crippen LogP contribution in [-0.4, -0.2) is 24.5 Å². The van der Waals surface area contributed by atoms with Crippen LogP contribution >= 0.6 is 0 Å². The summed E-state index contributed by atoms with van der Waals surface area (Å²) in [6, 6.07) is 20.4. The third-order valence-electron chi connectivity index (χ3n) is 4.27. The number of rotatable bonds is 6. The number of aryl methyl sites for hydroxylation is 1. The summed E-state index contributed by atoms with van der Waals surface area (Å²) in [6.07, 6.45) is 3.58. The molecule has 0 aliphatic carbocycles. The van der Waals surface area contributed by atoms with Gasteiger partial charge in [-0.1, -0.05) is 30.3 Å². The van der Waals surface area contributed by atoms with Crippen molar-refractivity contribution in [3.63, 3.8) is 0 Å². The van der Waals surface area contributed by atoms with Gasteiger partial charge >= 0.3 is 0 Å². The highest BCUT2D eigenvalue weighted by Crippen LogP contribution is 2.21. The van der Waals surface area contributed by atoms with Crippen molar-refractivity contribution in [2.24, 2.45) is 0 Å². The fraction of sp³-hybridized carbons (Fsp3) is 0.150. The van der Waals surface area contributed by atoms with Crippen LogP contribution in [0.15, 0.2) is 73.2 Å². The van der Waals surface area contributed by atoms with Crippen LogP contribution < -0.4 is 5.32 Å². The first-order valence-electron chi connectivity index (χ1n) is 8.65. The Bertz CT molecular complexity index is 986. The molecule has 0 unspecified atom stereocenters. The first-order chi connectivity index (χ1) is 12.8. The molecule has 0 aliphatic rings.